The summed E-state index contributed by atoms with van der Waals surface area (Å²) in [6, 6.07) is 9.54. The minimum absolute atomic E-state index is 0.0611. The Balaban J connectivity index is 1.71. The third-order valence-corrected chi connectivity index (χ3v) is 5.34. The minimum Gasteiger partial charge on any atom is -0.469 e. The average molecular weight is 380 g/mol. The second-order valence-corrected chi connectivity index (χ2v) is 7.55. The number of fused-ring (bicyclic) bond motifs is 1. The number of hydrogen-bond donors (Lipinski definition) is 1. The van der Waals surface area contributed by atoms with Crippen LogP contribution in [0.2, 0.25) is 0 Å². The van der Waals surface area contributed by atoms with Gasteiger partial charge >= 0.3 is 0 Å². The molecule has 0 aliphatic heterocycles. The molecule has 1 atom stereocenters. The van der Waals surface area contributed by atoms with Gasteiger partial charge in [-0.2, -0.15) is 5.10 Å². The summed E-state index contributed by atoms with van der Waals surface area (Å²) in [5.74, 6) is 0.717. The monoisotopic (exact) mass is 380 g/mol. The fourth-order valence-electron chi connectivity index (χ4n) is 3.26. The first-order valence-corrected chi connectivity index (χ1v) is 9.62. The van der Waals surface area contributed by atoms with E-state index in [9.17, 15) is 4.79 Å². The van der Waals surface area contributed by atoms with Crippen molar-refractivity contribution in [3.05, 3.63) is 59.0 Å². The normalized spacial score (nSPS) is 12.4. The molecule has 0 bridgehead atoms. The molecule has 0 radical (unpaired) electrons. The van der Waals surface area contributed by atoms with E-state index in [-0.39, 0.29) is 11.9 Å². The van der Waals surface area contributed by atoms with Crippen LogP contribution in [-0.4, -0.2) is 26.7 Å². The van der Waals surface area contributed by atoms with E-state index in [0.717, 1.165) is 27.4 Å². The molecule has 1 amide bonds. The molecule has 0 aliphatic carbocycles. The van der Waals surface area contributed by atoms with Crippen molar-refractivity contribution in [2.45, 2.75) is 26.3 Å². The van der Waals surface area contributed by atoms with Crippen molar-refractivity contribution in [2.24, 2.45) is 7.05 Å². The summed E-state index contributed by atoms with van der Waals surface area (Å²) in [5.41, 5.74) is 2.88. The molecule has 27 heavy (non-hydrogen) atoms. The Labute approximate surface area is 160 Å². The van der Waals surface area contributed by atoms with Crippen LogP contribution in [0.1, 0.15) is 28.7 Å². The van der Waals surface area contributed by atoms with Crippen LogP contribution in [0.3, 0.4) is 0 Å². The Kier molecular flexibility index (Phi) is 4.53. The molecule has 4 aromatic rings. The summed E-state index contributed by atoms with van der Waals surface area (Å²) >= 11 is 1.60. The van der Waals surface area contributed by atoms with Gasteiger partial charge in [-0.05, 0) is 43.5 Å². The molecule has 0 spiro atoms. The zero-order valence-corrected chi connectivity index (χ0v) is 16.2. The maximum absolute atomic E-state index is 13.1. The van der Waals surface area contributed by atoms with E-state index in [1.807, 2.05) is 56.6 Å². The number of furan rings is 1. The summed E-state index contributed by atoms with van der Waals surface area (Å²) < 4.78 is 7.11. The molecule has 0 saturated heterocycles. The molecule has 0 fully saturated rings. The first-order chi connectivity index (χ1) is 13.0. The summed E-state index contributed by atoms with van der Waals surface area (Å²) in [6.07, 6.45) is 2.28. The summed E-state index contributed by atoms with van der Waals surface area (Å²) in [7, 11) is 1.85. The standard InChI is InChI=1S/C20H20N4O2S/c1-12(10-14-6-4-8-26-14)21-20(25)15-11-16(17-7-5-9-27-17)22-19-18(15)13(2)23-24(19)3/h4-9,11-12H,10H2,1-3H3,(H,21,25). The Morgan fingerprint density at radius 2 is 2.22 bits per heavy atom. The maximum atomic E-state index is 13.1. The number of aromatic nitrogens is 3. The molecular weight excluding hydrogens is 360 g/mol. The lowest BCUT2D eigenvalue weighted by Crippen LogP contribution is -2.34. The van der Waals surface area contributed by atoms with E-state index in [2.05, 4.69) is 10.4 Å². The molecule has 7 heteroatoms. The van der Waals surface area contributed by atoms with Crippen LogP contribution in [0.4, 0.5) is 0 Å². The molecule has 0 aromatic carbocycles. The molecule has 6 nitrogen and oxygen atoms in total. The van der Waals surface area contributed by atoms with Crippen LogP contribution in [-0.2, 0) is 13.5 Å². The lowest BCUT2D eigenvalue weighted by Gasteiger charge is -2.14. The quantitative estimate of drug-likeness (QED) is 0.569. The molecule has 4 rings (SSSR count). The molecular formula is C20H20N4O2S. The Bertz CT molecular complexity index is 1080. The highest BCUT2D eigenvalue weighted by Crippen LogP contribution is 2.29. The lowest BCUT2D eigenvalue weighted by atomic mass is 10.1. The first-order valence-electron chi connectivity index (χ1n) is 8.74. The second kappa shape index (κ2) is 7.00. The van der Waals surface area contributed by atoms with Gasteiger partial charge in [0.15, 0.2) is 5.65 Å². The number of thiophene rings is 1. The van der Waals surface area contributed by atoms with E-state index in [1.54, 1.807) is 22.3 Å². The van der Waals surface area contributed by atoms with Crippen molar-refractivity contribution >= 4 is 28.3 Å². The van der Waals surface area contributed by atoms with Gasteiger partial charge in [0.2, 0.25) is 0 Å². The number of aryl methyl sites for hydroxylation is 2. The van der Waals surface area contributed by atoms with Crippen LogP contribution in [0.25, 0.3) is 21.6 Å². The van der Waals surface area contributed by atoms with Gasteiger partial charge in [0, 0.05) is 19.5 Å². The Hall–Kier alpha value is -2.93. The third kappa shape index (κ3) is 3.38. The van der Waals surface area contributed by atoms with Gasteiger partial charge in [0.25, 0.3) is 5.91 Å². The smallest absolute Gasteiger partial charge is 0.252 e. The predicted molar refractivity (Wildman–Crippen MR) is 106 cm³/mol. The maximum Gasteiger partial charge on any atom is 0.252 e. The van der Waals surface area contributed by atoms with Gasteiger partial charge in [-0.25, -0.2) is 4.98 Å². The van der Waals surface area contributed by atoms with Crippen molar-refractivity contribution in [2.75, 3.05) is 0 Å². The van der Waals surface area contributed by atoms with Crippen molar-refractivity contribution in [1.82, 2.24) is 20.1 Å². The summed E-state index contributed by atoms with van der Waals surface area (Å²) in [5, 5.41) is 10.3. The Morgan fingerprint density at radius 1 is 1.37 bits per heavy atom. The van der Waals surface area contributed by atoms with Gasteiger partial charge in [-0.3, -0.25) is 9.48 Å². The van der Waals surface area contributed by atoms with Crippen LogP contribution in [0.5, 0.6) is 0 Å². The zero-order chi connectivity index (χ0) is 19.0. The number of amides is 1. The molecule has 0 aliphatic rings. The first kappa shape index (κ1) is 17.5. The lowest BCUT2D eigenvalue weighted by molar-refractivity contribution is 0.0941. The average Bonchev–Trinajstić information content (AvgIpc) is 3.37. The van der Waals surface area contributed by atoms with Crippen molar-refractivity contribution in [3.63, 3.8) is 0 Å². The van der Waals surface area contributed by atoms with Crippen molar-refractivity contribution < 1.29 is 9.21 Å². The van der Waals surface area contributed by atoms with Gasteiger partial charge < -0.3 is 9.73 Å². The number of pyridine rings is 1. The predicted octanol–water partition coefficient (Wildman–Crippen LogP) is 3.96. The third-order valence-electron chi connectivity index (χ3n) is 4.45. The van der Waals surface area contributed by atoms with Gasteiger partial charge in [-0.15, -0.1) is 11.3 Å². The van der Waals surface area contributed by atoms with Gasteiger partial charge in [0.1, 0.15) is 5.76 Å². The molecule has 4 aromatic heterocycles. The van der Waals surface area contributed by atoms with Crippen LogP contribution in [0.15, 0.2) is 46.4 Å². The molecule has 138 valence electrons. The van der Waals surface area contributed by atoms with E-state index in [1.165, 1.54) is 0 Å². The summed E-state index contributed by atoms with van der Waals surface area (Å²) in [4.78, 5) is 18.8. The topological polar surface area (TPSA) is 73.0 Å². The number of carbonyl (C=O) groups is 1. The van der Waals surface area contributed by atoms with Crippen LogP contribution >= 0.6 is 11.3 Å². The highest BCUT2D eigenvalue weighted by atomic mass is 32.1. The summed E-state index contributed by atoms with van der Waals surface area (Å²) in [6.45, 7) is 3.87. The SMILES string of the molecule is Cc1nn(C)c2nc(-c3cccs3)cc(C(=O)NC(C)Cc3ccco3)c12. The van der Waals surface area contributed by atoms with Crippen molar-refractivity contribution in [3.8, 4) is 10.6 Å². The largest absolute Gasteiger partial charge is 0.469 e. The fourth-order valence-corrected chi connectivity index (χ4v) is 3.94. The number of nitrogens with one attached hydrogen (secondary N) is 1. The van der Waals surface area contributed by atoms with E-state index < -0.39 is 0 Å². The molecule has 0 saturated carbocycles. The fraction of sp³-hybridized carbons (Fsp3) is 0.250. The van der Waals surface area contributed by atoms with Gasteiger partial charge in [-0.1, -0.05) is 6.07 Å². The van der Waals surface area contributed by atoms with Crippen molar-refractivity contribution in [1.29, 1.82) is 0 Å². The van der Waals surface area contributed by atoms with Crippen LogP contribution in [0, 0.1) is 6.92 Å². The molecule has 4 heterocycles. The zero-order valence-electron chi connectivity index (χ0n) is 15.4. The number of nitrogens with zero attached hydrogens (tertiary/aromatic N) is 3. The Morgan fingerprint density at radius 3 is 2.93 bits per heavy atom. The molecule has 1 unspecified atom stereocenters. The number of rotatable bonds is 5. The molecule has 1 N–H and O–H groups in total. The minimum atomic E-state index is -0.129. The van der Waals surface area contributed by atoms with E-state index >= 15 is 0 Å². The number of carbonyl (C=O) groups excluding carboxylic acids is 1. The van der Waals surface area contributed by atoms with Gasteiger partial charge in [0.05, 0.1) is 33.5 Å². The van der Waals surface area contributed by atoms with Crippen LogP contribution < -0.4 is 5.32 Å². The van der Waals surface area contributed by atoms with E-state index in [0.29, 0.717) is 17.6 Å². The number of hydrogen-bond acceptors (Lipinski definition) is 5. The highest BCUT2D eigenvalue weighted by molar-refractivity contribution is 7.13. The second-order valence-electron chi connectivity index (χ2n) is 6.60. The van der Waals surface area contributed by atoms with E-state index in [4.69, 9.17) is 9.40 Å². The highest BCUT2D eigenvalue weighted by Gasteiger charge is 2.21.